The summed E-state index contributed by atoms with van der Waals surface area (Å²) in [5, 5.41) is 9.27. The Morgan fingerprint density at radius 1 is 1.58 bits per heavy atom. The van der Waals surface area contributed by atoms with Crippen molar-refractivity contribution in [3.8, 4) is 0 Å². The van der Waals surface area contributed by atoms with E-state index >= 15 is 0 Å². The van der Waals surface area contributed by atoms with Gasteiger partial charge in [0.2, 0.25) is 5.91 Å². The van der Waals surface area contributed by atoms with Crippen molar-refractivity contribution in [2.75, 3.05) is 19.7 Å². The van der Waals surface area contributed by atoms with E-state index in [2.05, 4.69) is 0 Å². The number of nitrogens with two attached hydrogens (primary N) is 1. The molecule has 0 radical (unpaired) electrons. The molecule has 110 valence electrons. The number of carbonyl (C=O) groups excluding carboxylic acids is 1. The number of aliphatic hydroxyl groups is 1. The number of hydrogen-bond donors (Lipinski definition) is 2. The summed E-state index contributed by atoms with van der Waals surface area (Å²) in [7, 11) is 0. The van der Waals surface area contributed by atoms with Gasteiger partial charge in [0.05, 0.1) is 29.2 Å². The van der Waals surface area contributed by atoms with Gasteiger partial charge in [0, 0.05) is 13.1 Å². The van der Waals surface area contributed by atoms with Gasteiger partial charge in [-0.2, -0.15) is 0 Å². The highest BCUT2D eigenvalue weighted by Gasteiger charge is 2.38. The second-order valence-electron chi connectivity index (χ2n) is 6.02. The van der Waals surface area contributed by atoms with Gasteiger partial charge < -0.3 is 20.5 Å². The van der Waals surface area contributed by atoms with Gasteiger partial charge in [-0.15, -0.1) is 0 Å². The van der Waals surface area contributed by atoms with Gasteiger partial charge in [-0.25, -0.2) is 0 Å². The molecule has 3 N–H and O–H groups in total. The molecule has 0 bridgehead atoms. The standard InChI is InChI=1S/C13H24N2O3S/c1-8(2)10(11(14)19)12(17)15-5-9(6-16)18-13(3,4)7-15/h8-10,16H,5-7H2,1-4H3,(H2,14,19). The highest BCUT2D eigenvalue weighted by Crippen LogP contribution is 2.24. The zero-order valence-electron chi connectivity index (χ0n) is 12.0. The Morgan fingerprint density at radius 3 is 2.58 bits per heavy atom. The summed E-state index contributed by atoms with van der Waals surface area (Å²) in [6.07, 6.45) is -0.355. The first-order valence-electron chi connectivity index (χ1n) is 6.54. The number of thiocarbonyl (C=S) groups is 1. The second kappa shape index (κ2) is 6.15. The number of hydrogen-bond acceptors (Lipinski definition) is 4. The number of morpholine rings is 1. The summed E-state index contributed by atoms with van der Waals surface area (Å²) in [6.45, 7) is 8.42. The predicted octanol–water partition coefficient (Wildman–Crippen LogP) is 0.543. The van der Waals surface area contributed by atoms with Gasteiger partial charge in [-0.05, 0) is 19.8 Å². The van der Waals surface area contributed by atoms with Crippen molar-refractivity contribution >= 4 is 23.1 Å². The summed E-state index contributed by atoms with van der Waals surface area (Å²) >= 11 is 5.00. The minimum absolute atomic E-state index is 0.0588. The molecule has 1 amide bonds. The van der Waals surface area contributed by atoms with Crippen molar-refractivity contribution in [3.05, 3.63) is 0 Å². The van der Waals surface area contributed by atoms with Crippen molar-refractivity contribution in [1.82, 2.24) is 4.90 Å². The number of ether oxygens (including phenoxy) is 1. The highest BCUT2D eigenvalue weighted by molar-refractivity contribution is 7.80. The van der Waals surface area contributed by atoms with Gasteiger partial charge in [0.1, 0.15) is 0 Å². The Bertz CT molecular complexity index is 358. The minimum atomic E-state index is -0.473. The van der Waals surface area contributed by atoms with Crippen LogP contribution in [-0.2, 0) is 9.53 Å². The van der Waals surface area contributed by atoms with Crippen molar-refractivity contribution in [2.24, 2.45) is 17.6 Å². The molecule has 1 fully saturated rings. The monoisotopic (exact) mass is 288 g/mol. The van der Waals surface area contributed by atoms with Crippen molar-refractivity contribution in [1.29, 1.82) is 0 Å². The first-order valence-corrected chi connectivity index (χ1v) is 6.95. The Morgan fingerprint density at radius 2 is 2.16 bits per heavy atom. The van der Waals surface area contributed by atoms with Crippen LogP contribution in [0.5, 0.6) is 0 Å². The first-order chi connectivity index (χ1) is 8.68. The average Bonchev–Trinajstić information content (AvgIpc) is 2.25. The van der Waals surface area contributed by atoms with Gasteiger partial charge in [0.25, 0.3) is 0 Å². The molecule has 19 heavy (non-hydrogen) atoms. The van der Waals surface area contributed by atoms with Crippen LogP contribution in [0.3, 0.4) is 0 Å². The van der Waals surface area contributed by atoms with Gasteiger partial charge in [-0.1, -0.05) is 26.1 Å². The maximum Gasteiger partial charge on any atom is 0.232 e. The summed E-state index contributed by atoms with van der Waals surface area (Å²) < 4.78 is 5.70. The molecule has 1 aliphatic heterocycles. The molecule has 0 saturated carbocycles. The number of nitrogens with zero attached hydrogens (tertiary/aromatic N) is 1. The SMILES string of the molecule is CC(C)C(C(=O)N1CC(CO)OC(C)(C)C1)C(N)=S. The lowest BCUT2D eigenvalue weighted by molar-refractivity contribution is -0.169. The van der Waals surface area contributed by atoms with Crippen LogP contribution in [0.2, 0.25) is 0 Å². The van der Waals surface area contributed by atoms with Crippen LogP contribution in [0.15, 0.2) is 0 Å². The van der Waals surface area contributed by atoms with E-state index in [4.69, 9.17) is 22.7 Å². The van der Waals surface area contributed by atoms with Gasteiger partial charge >= 0.3 is 0 Å². The van der Waals surface area contributed by atoms with Gasteiger partial charge in [0.15, 0.2) is 0 Å². The van der Waals surface area contributed by atoms with Crippen molar-refractivity contribution < 1.29 is 14.6 Å². The minimum Gasteiger partial charge on any atom is -0.394 e. The lowest BCUT2D eigenvalue weighted by Gasteiger charge is -2.43. The van der Waals surface area contributed by atoms with E-state index in [1.54, 1.807) is 4.90 Å². The fraction of sp³-hybridized carbons (Fsp3) is 0.846. The third-order valence-corrected chi connectivity index (χ3v) is 3.49. The normalized spacial score (nSPS) is 24.3. The highest BCUT2D eigenvalue weighted by atomic mass is 32.1. The van der Waals surface area contributed by atoms with Crippen LogP contribution in [0.4, 0.5) is 0 Å². The van der Waals surface area contributed by atoms with Gasteiger partial charge in [-0.3, -0.25) is 4.79 Å². The second-order valence-corrected chi connectivity index (χ2v) is 6.50. The van der Waals surface area contributed by atoms with E-state index in [0.29, 0.717) is 13.1 Å². The van der Waals surface area contributed by atoms with E-state index in [0.717, 1.165) is 0 Å². The lowest BCUT2D eigenvalue weighted by Crippen LogP contribution is -2.58. The van der Waals surface area contributed by atoms with Crippen LogP contribution in [0.1, 0.15) is 27.7 Å². The summed E-state index contributed by atoms with van der Waals surface area (Å²) in [4.78, 5) is 14.5. The third kappa shape index (κ3) is 4.12. The van der Waals surface area contributed by atoms with E-state index in [1.165, 1.54) is 0 Å². The number of carbonyl (C=O) groups is 1. The van der Waals surface area contributed by atoms with Crippen LogP contribution in [0, 0.1) is 11.8 Å². The fourth-order valence-corrected chi connectivity index (χ4v) is 2.86. The molecule has 6 heteroatoms. The third-order valence-electron chi connectivity index (χ3n) is 3.24. The molecule has 0 aromatic carbocycles. The Hall–Kier alpha value is -0.720. The fourth-order valence-electron chi connectivity index (χ4n) is 2.49. The molecule has 0 aromatic rings. The van der Waals surface area contributed by atoms with Crippen molar-refractivity contribution in [2.45, 2.75) is 39.4 Å². The maximum atomic E-state index is 12.6. The number of aliphatic hydroxyl groups excluding tert-OH is 1. The predicted molar refractivity (Wildman–Crippen MR) is 77.7 cm³/mol. The zero-order valence-corrected chi connectivity index (χ0v) is 12.9. The van der Waals surface area contributed by atoms with Crippen LogP contribution >= 0.6 is 12.2 Å². The molecule has 1 saturated heterocycles. The lowest BCUT2D eigenvalue weighted by atomic mass is 9.93. The molecule has 5 nitrogen and oxygen atoms in total. The van der Waals surface area contributed by atoms with E-state index < -0.39 is 11.5 Å². The topological polar surface area (TPSA) is 75.8 Å². The number of rotatable bonds is 4. The van der Waals surface area contributed by atoms with Crippen LogP contribution in [-0.4, -0.2) is 52.3 Å². The Kier molecular flexibility index (Phi) is 5.29. The molecule has 1 aliphatic rings. The molecular weight excluding hydrogens is 264 g/mol. The number of amides is 1. The molecule has 1 heterocycles. The quantitative estimate of drug-likeness (QED) is 0.739. The zero-order chi connectivity index (χ0) is 14.8. The molecule has 0 aromatic heterocycles. The summed E-state index contributed by atoms with van der Waals surface area (Å²) in [5.74, 6) is -0.468. The van der Waals surface area contributed by atoms with E-state index in [9.17, 15) is 9.90 Å². The molecule has 1 rings (SSSR count). The smallest absolute Gasteiger partial charge is 0.232 e. The van der Waals surface area contributed by atoms with E-state index in [1.807, 2.05) is 27.7 Å². The van der Waals surface area contributed by atoms with Crippen molar-refractivity contribution in [3.63, 3.8) is 0 Å². The Labute approximate surface area is 120 Å². The summed E-state index contributed by atoms with van der Waals surface area (Å²) in [5.41, 5.74) is 5.21. The van der Waals surface area contributed by atoms with Crippen LogP contribution < -0.4 is 5.73 Å². The molecule has 0 aliphatic carbocycles. The molecular formula is C13H24N2O3S. The average molecular weight is 288 g/mol. The molecule has 2 unspecified atom stereocenters. The molecule has 0 spiro atoms. The van der Waals surface area contributed by atoms with Crippen LogP contribution in [0.25, 0.3) is 0 Å². The summed E-state index contributed by atoms with van der Waals surface area (Å²) in [6, 6.07) is 0. The Balaban J connectivity index is 2.88. The maximum absolute atomic E-state index is 12.6. The largest absolute Gasteiger partial charge is 0.394 e. The first kappa shape index (κ1) is 16.3. The molecule has 2 atom stereocenters. The van der Waals surface area contributed by atoms with E-state index in [-0.39, 0.29) is 29.5 Å².